The summed E-state index contributed by atoms with van der Waals surface area (Å²) in [6.45, 7) is 1.07. The molecule has 4 rings (SSSR count). The molecule has 0 unspecified atom stereocenters. The second-order valence-electron chi connectivity index (χ2n) is 7.39. The van der Waals surface area contributed by atoms with Gasteiger partial charge in [-0.05, 0) is 31.3 Å². The summed E-state index contributed by atoms with van der Waals surface area (Å²) in [5, 5.41) is 3.77. The van der Waals surface area contributed by atoms with Gasteiger partial charge in [-0.1, -0.05) is 29.8 Å². The third kappa shape index (κ3) is 4.47. The van der Waals surface area contributed by atoms with Crippen LogP contribution < -0.4 is 10.1 Å². The van der Waals surface area contributed by atoms with E-state index in [0.717, 1.165) is 35.1 Å². The lowest BCUT2D eigenvalue weighted by atomic mass is 9.96. The Balaban J connectivity index is 1.53. The Morgan fingerprint density at radius 2 is 2.03 bits per heavy atom. The van der Waals surface area contributed by atoms with Crippen molar-refractivity contribution in [1.82, 2.24) is 9.88 Å². The van der Waals surface area contributed by atoms with Crippen LogP contribution >= 0.6 is 11.6 Å². The zero-order chi connectivity index (χ0) is 22.0. The highest BCUT2D eigenvalue weighted by Crippen LogP contribution is 2.29. The maximum absolute atomic E-state index is 13.0. The number of nitrogens with one attached hydrogen (secondary N) is 1. The number of benzene rings is 2. The van der Waals surface area contributed by atoms with Gasteiger partial charge in [-0.3, -0.25) is 9.78 Å². The minimum absolute atomic E-state index is 0.372. The van der Waals surface area contributed by atoms with Crippen LogP contribution in [0.4, 0.5) is 5.69 Å². The van der Waals surface area contributed by atoms with E-state index in [-0.39, 0.29) is 0 Å². The van der Waals surface area contributed by atoms with Gasteiger partial charge in [-0.25, -0.2) is 4.79 Å². The highest BCUT2D eigenvalue weighted by Gasteiger charge is 2.25. The number of rotatable bonds is 5. The summed E-state index contributed by atoms with van der Waals surface area (Å²) in [5.74, 6) is -0.489. The molecule has 1 aromatic heterocycles. The lowest BCUT2D eigenvalue weighted by Crippen LogP contribution is -2.30. The van der Waals surface area contributed by atoms with Gasteiger partial charge in [0.15, 0.2) is 6.61 Å². The Labute approximate surface area is 184 Å². The second kappa shape index (κ2) is 8.91. The molecule has 7 nitrogen and oxygen atoms in total. The molecule has 0 bridgehead atoms. The number of carbonyl (C=O) groups excluding carboxylic acids is 2. The van der Waals surface area contributed by atoms with E-state index in [1.165, 1.54) is 7.11 Å². The van der Waals surface area contributed by atoms with Crippen LogP contribution in [0.3, 0.4) is 0 Å². The fraction of sp³-hybridized carbons (Fsp3) is 0.261. The summed E-state index contributed by atoms with van der Waals surface area (Å²) < 4.78 is 10.5. The van der Waals surface area contributed by atoms with Gasteiger partial charge in [-0.2, -0.15) is 0 Å². The Morgan fingerprint density at radius 1 is 1.23 bits per heavy atom. The summed E-state index contributed by atoms with van der Waals surface area (Å²) >= 11 is 6.08. The molecule has 0 spiro atoms. The molecule has 0 aliphatic carbocycles. The normalized spacial score (nSPS) is 13.5. The molecule has 160 valence electrons. The SMILES string of the molecule is COc1ccc(NC(=O)COC(=O)c2c3c(nc4ccccc24)CCN(C)C3)cc1Cl. The number of nitrogens with zero attached hydrogens (tertiary/aromatic N) is 2. The maximum Gasteiger partial charge on any atom is 0.339 e. The van der Waals surface area contributed by atoms with Crippen molar-refractivity contribution in [2.24, 2.45) is 0 Å². The fourth-order valence-corrected chi connectivity index (χ4v) is 3.96. The highest BCUT2D eigenvalue weighted by atomic mass is 35.5. The summed E-state index contributed by atoms with van der Waals surface area (Å²) in [6.07, 6.45) is 0.760. The average Bonchev–Trinajstić information content (AvgIpc) is 2.76. The molecule has 0 radical (unpaired) electrons. The van der Waals surface area contributed by atoms with Crippen molar-refractivity contribution in [3.63, 3.8) is 0 Å². The number of carbonyl (C=O) groups is 2. The number of aromatic nitrogens is 1. The minimum atomic E-state index is -0.534. The number of likely N-dealkylation sites (N-methyl/N-ethyl adjacent to an activating group) is 1. The molecule has 1 amide bonds. The van der Waals surface area contributed by atoms with Crippen LogP contribution in [0.1, 0.15) is 21.6 Å². The first-order valence-electron chi connectivity index (χ1n) is 9.86. The van der Waals surface area contributed by atoms with Crippen molar-refractivity contribution in [1.29, 1.82) is 0 Å². The second-order valence-corrected chi connectivity index (χ2v) is 7.80. The number of methoxy groups -OCH3 is 1. The van der Waals surface area contributed by atoms with Gasteiger partial charge in [0.05, 0.1) is 23.2 Å². The number of hydrogen-bond donors (Lipinski definition) is 1. The van der Waals surface area contributed by atoms with Crippen molar-refractivity contribution in [3.05, 3.63) is 64.3 Å². The predicted molar refractivity (Wildman–Crippen MR) is 119 cm³/mol. The van der Waals surface area contributed by atoms with E-state index in [9.17, 15) is 9.59 Å². The molecule has 8 heteroatoms. The van der Waals surface area contributed by atoms with E-state index in [4.69, 9.17) is 26.1 Å². The van der Waals surface area contributed by atoms with Gasteiger partial charge in [0.25, 0.3) is 5.91 Å². The van der Waals surface area contributed by atoms with E-state index >= 15 is 0 Å². The standard InChI is InChI=1S/C23H22ClN3O4/c1-27-10-9-19-16(12-27)22(15-5-3-4-6-18(15)26-19)23(29)31-13-21(28)25-14-7-8-20(30-2)17(24)11-14/h3-8,11H,9-10,12-13H2,1-2H3,(H,25,28). The summed E-state index contributed by atoms with van der Waals surface area (Å²) in [5.41, 5.74) is 3.48. The molecule has 0 saturated heterocycles. The van der Waals surface area contributed by atoms with Crippen LogP contribution in [0.5, 0.6) is 5.75 Å². The van der Waals surface area contributed by atoms with Gasteiger partial charge in [0, 0.05) is 41.8 Å². The zero-order valence-electron chi connectivity index (χ0n) is 17.3. The third-order valence-electron chi connectivity index (χ3n) is 5.21. The first-order chi connectivity index (χ1) is 15.0. The van der Waals surface area contributed by atoms with E-state index in [0.29, 0.717) is 28.6 Å². The molecule has 1 aliphatic heterocycles. The predicted octanol–water partition coefficient (Wildman–Crippen LogP) is 3.68. The Bertz CT molecular complexity index is 1170. The number of halogens is 1. The highest BCUT2D eigenvalue weighted by molar-refractivity contribution is 6.32. The van der Waals surface area contributed by atoms with Crippen LogP contribution in [0.2, 0.25) is 5.02 Å². The number of anilines is 1. The van der Waals surface area contributed by atoms with E-state index in [1.807, 2.05) is 31.3 Å². The molecular weight excluding hydrogens is 418 g/mol. The van der Waals surface area contributed by atoms with E-state index in [1.54, 1.807) is 18.2 Å². The quantitative estimate of drug-likeness (QED) is 0.611. The molecule has 2 heterocycles. The number of ether oxygens (including phenoxy) is 2. The largest absolute Gasteiger partial charge is 0.495 e. The molecule has 0 fully saturated rings. The molecule has 31 heavy (non-hydrogen) atoms. The molecule has 1 aliphatic rings. The molecular formula is C23H22ClN3O4. The van der Waals surface area contributed by atoms with Crippen molar-refractivity contribution < 1.29 is 19.1 Å². The fourth-order valence-electron chi connectivity index (χ4n) is 3.70. The van der Waals surface area contributed by atoms with Crippen LogP contribution in [0.15, 0.2) is 42.5 Å². The zero-order valence-corrected chi connectivity index (χ0v) is 18.0. The molecule has 1 N–H and O–H groups in total. The topological polar surface area (TPSA) is 80.8 Å². The van der Waals surface area contributed by atoms with Gasteiger partial charge < -0.3 is 19.7 Å². The smallest absolute Gasteiger partial charge is 0.339 e. The van der Waals surface area contributed by atoms with Crippen molar-refractivity contribution in [2.75, 3.05) is 32.6 Å². The van der Waals surface area contributed by atoms with Gasteiger partial charge in [-0.15, -0.1) is 0 Å². The molecule has 3 aromatic rings. The van der Waals surface area contributed by atoms with Crippen LogP contribution in [0, 0.1) is 0 Å². The van der Waals surface area contributed by atoms with Crippen molar-refractivity contribution in [3.8, 4) is 5.75 Å². The summed E-state index contributed by atoms with van der Waals surface area (Å²) in [4.78, 5) is 32.2. The first kappa shape index (κ1) is 21.1. The monoisotopic (exact) mass is 439 g/mol. The average molecular weight is 440 g/mol. The summed E-state index contributed by atoms with van der Waals surface area (Å²) in [6, 6.07) is 12.4. The Morgan fingerprint density at radius 3 is 2.81 bits per heavy atom. The number of amides is 1. The number of fused-ring (bicyclic) bond motifs is 2. The lowest BCUT2D eigenvalue weighted by Gasteiger charge is -2.26. The molecule has 0 atom stereocenters. The third-order valence-corrected chi connectivity index (χ3v) is 5.51. The molecule has 0 saturated carbocycles. The van der Waals surface area contributed by atoms with E-state index in [2.05, 4.69) is 10.2 Å². The number of para-hydroxylation sites is 1. The lowest BCUT2D eigenvalue weighted by molar-refractivity contribution is -0.119. The van der Waals surface area contributed by atoms with Gasteiger partial charge in [0.1, 0.15) is 5.75 Å². The number of hydrogen-bond acceptors (Lipinski definition) is 6. The van der Waals surface area contributed by atoms with Crippen LogP contribution in [-0.2, 0) is 22.5 Å². The summed E-state index contributed by atoms with van der Waals surface area (Å²) in [7, 11) is 3.51. The molecule has 2 aromatic carbocycles. The van der Waals surface area contributed by atoms with Crippen LogP contribution in [-0.4, -0.2) is 49.1 Å². The van der Waals surface area contributed by atoms with E-state index < -0.39 is 18.5 Å². The van der Waals surface area contributed by atoms with Crippen LogP contribution in [0.25, 0.3) is 10.9 Å². The first-order valence-corrected chi connectivity index (χ1v) is 10.2. The minimum Gasteiger partial charge on any atom is -0.495 e. The Hall–Kier alpha value is -3.16. The number of pyridine rings is 1. The maximum atomic E-state index is 13.0. The van der Waals surface area contributed by atoms with Crippen molar-refractivity contribution >= 4 is 40.1 Å². The van der Waals surface area contributed by atoms with Gasteiger partial charge >= 0.3 is 5.97 Å². The number of esters is 1. The van der Waals surface area contributed by atoms with Gasteiger partial charge in [0.2, 0.25) is 0 Å². The van der Waals surface area contributed by atoms with Crippen molar-refractivity contribution in [2.45, 2.75) is 13.0 Å². The Kier molecular flexibility index (Phi) is 6.06.